The average Bonchev–Trinajstić information content (AvgIpc) is 2.66. The lowest BCUT2D eigenvalue weighted by Crippen LogP contribution is -2.49. The SMILES string of the molecule is COc1ccc(SCC(=O)N2CCN(c3cccc(C)c3)CC2)cc1. The van der Waals surface area contributed by atoms with Crippen LogP contribution in [0, 0.1) is 6.92 Å². The number of hydrogen-bond donors (Lipinski definition) is 0. The van der Waals surface area contributed by atoms with Crippen LogP contribution in [0.4, 0.5) is 5.69 Å². The second-order valence-electron chi connectivity index (χ2n) is 6.17. The molecule has 1 aliphatic heterocycles. The summed E-state index contributed by atoms with van der Waals surface area (Å²) in [6.45, 7) is 5.47. The minimum atomic E-state index is 0.213. The number of rotatable bonds is 5. The molecule has 0 bridgehead atoms. The van der Waals surface area contributed by atoms with Crippen molar-refractivity contribution in [2.75, 3.05) is 43.9 Å². The van der Waals surface area contributed by atoms with Crippen molar-refractivity contribution in [1.82, 2.24) is 4.90 Å². The monoisotopic (exact) mass is 356 g/mol. The van der Waals surface area contributed by atoms with Gasteiger partial charge in [0.25, 0.3) is 0 Å². The second-order valence-corrected chi connectivity index (χ2v) is 7.22. The maximum Gasteiger partial charge on any atom is 0.233 e. The molecule has 1 aliphatic rings. The Balaban J connectivity index is 1.48. The summed E-state index contributed by atoms with van der Waals surface area (Å²) in [6.07, 6.45) is 0. The lowest BCUT2D eigenvalue weighted by atomic mass is 10.2. The molecular formula is C20H24N2O2S. The van der Waals surface area contributed by atoms with Crippen LogP contribution in [0.1, 0.15) is 5.56 Å². The zero-order valence-corrected chi connectivity index (χ0v) is 15.6. The van der Waals surface area contributed by atoms with Gasteiger partial charge in [0.1, 0.15) is 5.75 Å². The minimum Gasteiger partial charge on any atom is -0.497 e. The number of amides is 1. The highest BCUT2D eigenvalue weighted by atomic mass is 32.2. The number of ether oxygens (including phenoxy) is 1. The van der Waals surface area contributed by atoms with Gasteiger partial charge in [-0.3, -0.25) is 4.79 Å². The number of benzene rings is 2. The van der Waals surface area contributed by atoms with Crippen LogP contribution in [0.2, 0.25) is 0 Å². The molecule has 1 fully saturated rings. The molecule has 5 heteroatoms. The van der Waals surface area contributed by atoms with E-state index in [9.17, 15) is 4.79 Å². The molecule has 1 heterocycles. The van der Waals surface area contributed by atoms with Gasteiger partial charge in [-0.2, -0.15) is 0 Å². The molecule has 1 amide bonds. The lowest BCUT2D eigenvalue weighted by molar-refractivity contribution is -0.128. The van der Waals surface area contributed by atoms with E-state index in [0.717, 1.165) is 36.8 Å². The fraction of sp³-hybridized carbons (Fsp3) is 0.350. The van der Waals surface area contributed by atoms with Crippen molar-refractivity contribution in [1.29, 1.82) is 0 Å². The highest BCUT2D eigenvalue weighted by Crippen LogP contribution is 2.22. The Kier molecular flexibility index (Phi) is 5.87. The summed E-state index contributed by atoms with van der Waals surface area (Å²) in [7, 11) is 1.65. The normalized spacial score (nSPS) is 14.5. The van der Waals surface area contributed by atoms with Gasteiger partial charge in [0.2, 0.25) is 5.91 Å². The summed E-state index contributed by atoms with van der Waals surface area (Å²) in [5.41, 5.74) is 2.52. The second kappa shape index (κ2) is 8.30. The van der Waals surface area contributed by atoms with E-state index in [1.54, 1.807) is 18.9 Å². The molecule has 0 aromatic heterocycles. The smallest absolute Gasteiger partial charge is 0.233 e. The first-order valence-corrected chi connectivity index (χ1v) is 9.50. The molecule has 4 nitrogen and oxygen atoms in total. The van der Waals surface area contributed by atoms with E-state index in [-0.39, 0.29) is 5.91 Å². The van der Waals surface area contributed by atoms with Gasteiger partial charge in [0, 0.05) is 36.8 Å². The third-order valence-corrected chi connectivity index (χ3v) is 5.42. The summed E-state index contributed by atoms with van der Waals surface area (Å²) in [6, 6.07) is 16.4. The van der Waals surface area contributed by atoms with E-state index < -0.39 is 0 Å². The quantitative estimate of drug-likeness (QED) is 0.769. The lowest BCUT2D eigenvalue weighted by Gasteiger charge is -2.36. The molecule has 3 rings (SSSR count). The zero-order valence-electron chi connectivity index (χ0n) is 14.8. The maximum absolute atomic E-state index is 12.5. The van der Waals surface area contributed by atoms with Crippen LogP contribution in [0.3, 0.4) is 0 Å². The summed E-state index contributed by atoms with van der Waals surface area (Å²) < 4.78 is 5.15. The van der Waals surface area contributed by atoms with E-state index in [4.69, 9.17) is 4.74 Å². The highest BCUT2D eigenvalue weighted by Gasteiger charge is 2.21. The van der Waals surface area contributed by atoms with Gasteiger partial charge in [0.05, 0.1) is 12.9 Å². The van der Waals surface area contributed by atoms with Crippen molar-refractivity contribution in [3.05, 3.63) is 54.1 Å². The van der Waals surface area contributed by atoms with Crippen molar-refractivity contribution >= 4 is 23.4 Å². The first-order chi connectivity index (χ1) is 12.2. The Morgan fingerprint density at radius 1 is 1.08 bits per heavy atom. The number of thioether (sulfide) groups is 1. The van der Waals surface area contributed by atoms with Crippen molar-refractivity contribution in [2.45, 2.75) is 11.8 Å². The molecule has 0 spiro atoms. The number of methoxy groups -OCH3 is 1. The zero-order chi connectivity index (χ0) is 17.6. The van der Waals surface area contributed by atoms with Crippen molar-refractivity contribution in [2.24, 2.45) is 0 Å². The average molecular weight is 356 g/mol. The van der Waals surface area contributed by atoms with E-state index in [1.165, 1.54) is 11.3 Å². The Labute approximate surface area is 153 Å². The van der Waals surface area contributed by atoms with E-state index >= 15 is 0 Å². The molecule has 2 aromatic carbocycles. The molecule has 0 saturated carbocycles. The van der Waals surface area contributed by atoms with Gasteiger partial charge in [0.15, 0.2) is 0 Å². The Hall–Kier alpha value is -2.14. The van der Waals surface area contributed by atoms with Gasteiger partial charge in [-0.1, -0.05) is 12.1 Å². The molecule has 2 aromatic rings. The number of aryl methyl sites for hydroxylation is 1. The van der Waals surface area contributed by atoms with E-state index in [1.807, 2.05) is 29.2 Å². The Bertz CT molecular complexity index is 710. The van der Waals surface area contributed by atoms with Crippen LogP contribution in [-0.2, 0) is 4.79 Å². The first-order valence-electron chi connectivity index (χ1n) is 8.52. The van der Waals surface area contributed by atoms with Gasteiger partial charge in [-0.15, -0.1) is 11.8 Å². The van der Waals surface area contributed by atoms with E-state index in [0.29, 0.717) is 5.75 Å². The third kappa shape index (κ3) is 4.69. The number of carbonyl (C=O) groups is 1. The fourth-order valence-electron chi connectivity index (χ4n) is 2.95. The standard InChI is InChI=1S/C20H24N2O2S/c1-16-4-3-5-17(14-16)21-10-12-22(13-11-21)20(23)15-25-19-8-6-18(24-2)7-9-19/h3-9,14H,10-13,15H2,1-2H3. The van der Waals surface area contributed by atoms with Crippen LogP contribution < -0.4 is 9.64 Å². The maximum atomic E-state index is 12.5. The van der Waals surface area contributed by atoms with E-state index in [2.05, 4.69) is 36.1 Å². The topological polar surface area (TPSA) is 32.8 Å². The van der Waals surface area contributed by atoms with Gasteiger partial charge in [-0.25, -0.2) is 0 Å². The molecule has 0 N–H and O–H groups in total. The molecule has 0 unspecified atom stereocenters. The Morgan fingerprint density at radius 3 is 2.44 bits per heavy atom. The van der Waals surface area contributed by atoms with Crippen LogP contribution in [0.15, 0.2) is 53.4 Å². The highest BCUT2D eigenvalue weighted by molar-refractivity contribution is 8.00. The van der Waals surface area contributed by atoms with Crippen molar-refractivity contribution < 1.29 is 9.53 Å². The van der Waals surface area contributed by atoms with Gasteiger partial charge >= 0.3 is 0 Å². The number of anilines is 1. The number of nitrogens with zero attached hydrogens (tertiary/aromatic N) is 2. The summed E-state index contributed by atoms with van der Waals surface area (Å²) in [5, 5.41) is 0. The summed E-state index contributed by atoms with van der Waals surface area (Å²) >= 11 is 1.58. The molecular weight excluding hydrogens is 332 g/mol. The van der Waals surface area contributed by atoms with Crippen LogP contribution in [0.25, 0.3) is 0 Å². The first kappa shape index (κ1) is 17.7. The van der Waals surface area contributed by atoms with Crippen molar-refractivity contribution in [3.8, 4) is 5.75 Å². The summed E-state index contributed by atoms with van der Waals surface area (Å²) in [5.74, 6) is 1.53. The van der Waals surface area contributed by atoms with Gasteiger partial charge in [-0.05, 0) is 48.9 Å². The molecule has 0 aliphatic carbocycles. The fourth-order valence-corrected chi connectivity index (χ4v) is 3.75. The largest absolute Gasteiger partial charge is 0.497 e. The minimum absolute atomic E-state index is 0.213. The van der Waals surface area contributed by atoms with Crippen LogP contribution in [0.5, 0.6) is 5.75 Å². The number of carbonyl (C=O) groups excluding carboxylic acids is 1. The molecule has 0 atom stereocenters. The summed E-state index contributed by atoms with van der Waals surface area (Å²) in [4.78, 5) is 17.9. The number of piperazine rings is 1. The molecule has 132 valence electrons. The molecule has 0 radical (unpaired) electrons. The predicted octanol–water partition coefficient (Wildman–Crippen LogP) is 3.44. The number of hydrogen-bond acceptors (Lipinski definition) is 4. The van der Waals surface area contributed by atoms with Crippen molar-refractivity contribution in [3.63, 3.8) is 0 Å². The van der Waals surface area contributed by atoms with Gasteiger partial charge < -0.3 is 14.5 Å². The van der Waals surface area contributed by atoms with Crippen LogP contribution in [-0.4, -0.2) is 49.8 Å². The van der Waals surface area contributed by atoms with Crippen LogP contribution >= 0.6 is 11.8 Å². The predicted molar refractivity (Wildman–Crippen MR) is 104 cm³/mol. The third-order valence-electron chi connectivity index (χ3n) is 4.42. The molecule has 1 saturated heterocycles. The Morgan fingerprint density at radius 2 is 1.80 bits per heavy atom. The molecule has 25 heavy (non-hydrogen) atoms.